The first-order chi connectivity index (χ1) is 7.22. The van der Waals surface area contributed by atoms with E-state index in [-0.39, 0.29) is 18.8 Å². The zero-order valence-corrected chi connectivity index (χ0v) is 8.85. The summed E-state index contributed by atoms with van der Waals surface area (Å²) in [6.07, 6.45) is 4.68. The summed E-state index contributed by atoms with van der Waals surface area (Å²) in [5.74, 6) is -0.849. The van der Waals surface area contributed by atoms with Gasteiger partial charge in [-0.3, -0.25) is 4.79 Å². The quantitative estimate of drug-likeness (QED) is 0.686. The summed E-state index contributed by atoms with van der Waals surface area (Å²) in [6.45, 7) is 4.29. The van der Waals surface area contributed by atoms with Gasteiger partial charge < -0.3 is 14.6 Å². The molecule has 0 bridgehead atoms. The van der Waals surface area contributed by atoms with E-state index in [1.807, 2.05) is 0 Å². The van der Waals surface area contributed by atoms with Crippen LogP contribution in [-0.4, -0.2) is 30.1 Å². The van der Waals surface area contributed by atoms with E-state index in [2.05, 4.69) is 6.58 Å². The van der Waals surface area contributed by atoms with Gasteiger partial charge in [0.2, 0.25) is 0 Å². The van der Waals surface area contributed by atoms with Crippen molar-refractivity contribution in [1.82, 2.24) is 0 Å². The van der Waals surface area contributed by atoms with Crippen molar-refractivity contribution in [1.29, 1.82) is 0 Å². The number of carboxylic acid groups (broad SMARTS) is 1. The van der Waals surface area contributed by atoms with Crippen LogP contribution in [0.5, 0.6) is 0 Å². The Morgan fingerprint density at radius 2 is 2.47 bits per heavy atom. The summed E-state index contributed by atoms with van der Waals surface area (Å²) in [5, 5.41) is 8.68. The minimum Gasteiger partial charge on any atom is -0.481 e. The number of hydrogen-bond acceptors (Lipinski definition) is 3. The normalized spacial score (nSPS) is 23.3. The van der Waals surface area contributed by atoms with E-state index in [9.17, 15) is 4.79 Å². The average molecular weight is 214 g/mol. The highest BCUT2D eigenvalue weighted by Crippen LogP contribution is 2.18. The highest BCUT2D eigenvalue weighted by atomic mass is 16.7. The Hall–Kier alpha value is -0.870. The molecule has 0 aromatic rings. The molecule has 4 nitrogen and oxygen atoms in total. The van der Waals surface area contributed by atoms with Gasteiger partial charge in [-0.25, -0.2) is 0 Å². The van der Waals surface area contributed by atoms with E-state index in [1.54, 1.807) is 6.08 Å². The maximum absolute atomic E-state index is 10.6. The molecular formula is C11H18O4. The monoisotopic (exact) mass is 214 g/mol. The van der Waals surface area contributed by atoms with Crippen molar-refractivity contribution in [3.63, 3.8) is 0 Å². The van der Waals surface area contributed by atoms with Crippen LogP contribution < -0.4 is 0 Å². The maximum Gasteiger partial charge on any atom is 0.305 e. The highest BCUT2D eigenvalue weighted by Gasteiger charge is 2.20. The lowest BCUT2D eigenvalue weighted by Gasteiger charge is -2.26. The Morgan fingerprint density at radius 3 is 3.00 bits per heavy atom. The van der Waals surface area contributed by atoms with Crippen molar-refractivity contribution in [2.75, 3.05) is 6.61 Å². The topological polar surface area (TPSA) is 55.8 Å². The minimum atomic E-state index is -0.849. The predicted molar refractivity (Wildman–Crippen MR) is 55.5 cm³/mol. The second-order valence-corrected chi connectivity index (χ2v) is 3.68. The maximum atomic E-state index is 10.6. The van der Waals surface area contributed by atoms with E-state index in [1.165, 1.54) is 0 Å². The van der Waals surface area contributed by atoms with E-state index in [4.69, 9.17) is 14.6 Å². The second kappa shape index (κ2) is 6.58. The van der Waals surface area contributed by atoms with Crippen LogP contribution in [0.25, 0.3) is 0 Å². The van der Waals surface area contributed by atoms with Crippen molar-refractivity contribution in [3.8, 4) is 0 Å². The fourth-order valence-electron chi connectivity index (χ4n) is 1.60. The van der Waals surface area contributed by atoms with Gasteiger partial charge in [0.15, 0.2) is 6.29 Å². The van der Waals surface area contributed by atoms with Crippen LogP contribution in [-0.2, 0) is 14.3 Å². The molecule has 1 aliphatic heterocycles. The van der Waals surface area contributed by atoms with Crippen LogP contribution >= 0.6 is 0 Å². The van der Waals surface area contributed by atoms with Gasteiger partial charge in [-0.15, -0.1) is 6.58 Å². The molecule has 1 rings (SSSR count). The molecule has 1 aliphatic rings. The molecule has 1 unspecified atom stereocenters. The smallest absolute Gasteiger partial charge is 0.305 e. The van der Waals surface area contributed by atoms with Crippen LogP contribution in [0.3, 0.4) is 0 Å². The number of carbonyl (C=O) groups is 1. The average Bonchev–Trinajstić information content (AvgIpc) is 2.18. The van der Waals surface area contributed by atoms with Crippen LogP contribution in [0.4, 0.5) is 0 Å². The first-order valence-corrected chi connectivity index (χ1v) is 5.32. The molecule has 0 aromatic carbocycles. The van der Waals surface area contributed by atoms with Crippen molar-refractivity contribution >= 4 is 5.97 Å². The van der Waals surface area contributed by atoms with Gasteiger partial charge in [0.25, 0.3) is 0 Å². The molecule has 15 heavy (non-hydrogen) atoms. The fourth-order valence-corrected chi connectivity index (χ4v) is 1.60. The lowest BCUT2D eigenvalue weighted by Crippen LogP contribution is -2.29. The molecule has 0 saturated carbocycles. The van der Waals surface area contributed by atoms with Crippen molar-refractivity contribution in [2.45, 2.75) is 44.5 Å². The Morgan fingerprint density at radius 1 is 1.67 bits per heavy atom. The summed E-state index contributed by atoms with van der Waals surface area (Å²) in [5.41, 5.74) is 0. The molecule has 0 aromatic heterocycles. The molecule has 1 heterocycles. The summed E-state index contributed by atoms with van der Waals surface area (Å²) in [6, 6.07) is 0. The van der Waals surface area contributed by atoms with Gasteiger partial charge >= 0.3 is 5.97 Å². The number of aliphatic carboxylic acids is 1. The third kappa shape index (κ3) is 4.95. The molecule has 0 radical (unpaired) electrons. The van der Waals surface area contributed by atoms with E-state index >= 15 is 0 Å². The number of ether oxygens (including phenoxy) is 2. The Labute approximate surface area is 89.9 Å². The third-order valence-corrected chi connectivity index (χ3v) is 2.31. The molecule has 86 valence electrons. The Balaban J connectivity index is 2.34. The van der Waals surface area contributed by atoms with Crippen LogP contribution in [0.1, 0.15) is 32.1 Å². The highest BCUT2D eigenvalue weighted by molar-refractivity contribution is 5.67. The molecule has 0 aliphatic carbocycles. The van der Waals surface area contributed by atoms with Crippen LogP contribution in [0.15, 0.2) is 12.7 Å². The zero-order valence-electron chi connectivity index (χ0n) is 8.85. The zero-order chi connectivity index (χ0) is 11.1. The van der Waals surface area contributed by atoms with Crippen molar-refractivity contribution < 1.29 is 19.4 Å². The van der Waals surface area contributed by atoms with E-state index in [0.29, 0.717) is 13.0 Å². The predicted octanol–water partition coefficient (Wildman–Crippen LogP) is 1.95. The standard InChI is InChI=1S/C11H18O4/c1-2-5-9(8-10(12)13)15-11-6-3-4-7-14-11/h2,9,11H,1,3-8H2,(H,12,13)/t9-,11?/m1/s1. The van der Waals surface area contributed by atoms with Gasteiger partial charge in [-0.2, -0.15) is 0 Å². The molecular weight excluding hydrogens is 196 g/mol. The SMILES string of the molecule is C=CC[C@H](CC(=O)O)OC1CCCCO1. The third-order valence-electron chi connectivity index (χ3n) is 2.31. The summed E-state index contributed by atoms with van der Waals surface area (Å²) in [7, 11) is 0. The van der Waals surface area contributed by atoms with Gasteiger partial charge in [-0.05, 0) is 25.7 Å². The summed E-state index contributed by atoms with van der Waals surface area (Å²) < 4.78 is 11.0. The first-order valence-electron chi connectivity index (χ1n) is 5.32. The number of hydrogen-bond donors (Lipinski definition) is 1. The van der Waals surface area contributed by atoms with E-state index in [0.717, 1.165) is 19.3 Å². The van der Waals surface area contributed by atoms with Gasteiger partial charge in [0, 0.05) is 6.61 Å². The second-order valence-electron chi connectivity index (χ2n) is 3.68. The molecule has 2 atom stereocenters. The summed E-state index contributed by atoms with van der Waals surface area (Å²) in [4.78, 5) is 10.6. The Kier molecular flexibility index (Phi) is 5.36. The first kappa shape index (κ1) is 12.2. The van der Waals surface area contributed by atoms with Crippen molar-refractivity contribution in [3.05, 3.63) is 12.7 Å². The number of rotatable bonds is 6. The van der Waals surface area contributed by atoms with Gasteiger partial charge in [-0.1, -0.05) is 6.08 Å². The van der Waals surface area contributed by atoms with Crippen molar-refractivity contribution in [2.24, 2.45) is 0 Å². The molecule has 4 heteroatoms. The lowest BCUT2D eigenvalue weighted by atomic mass is 10.1. The van der Waals surface area contributed by atoms with Crippen LogP contribution in [0, 0.1) is 0 Å². The minimum absolute atomic E-state index is 0.00583. The largest absolute Gasteiger partial charge is 0.481 e. The molecule has 0 amide bonds. The molecule has 1 N–H and O–H groups in total. The van der Waals surface area contributed by atoms with E-state index < -0.39 is 5.97 Å². The fraction of sp³-hybridized carbons (Fsp3) is 0.727. The van der Waals surface area contributed by atoms with Gasteiger partial charge in [0.05, 0.1) is 12.5 Å². The summed E-state index contributed by atoms with van der Waals surface area (Å²) >= 11 is 0. The molecule has 0 spiro atoms. The van der Waals surface area contributed by atoms with Gasteiger partial charge in [0.1, 0.15) is 0 Å². The molecule has 1 fully saturated rings. The molecule has 1 saturated heterocycles. The van der Waals surface area contributed by atoms with Crippen LogP contribution in [0.2, 0.25) is 0 Å². The number of carboxylic acids is 1. The lowest BCUT2D eigenvalue weighted by molar-refractivity contribution is -0.191. The Bertz CT molecular complexity index is 209.